The summed E-state index contributed by atoms with van der Waals surface area (Å²) in [5.41, 5.74) is 11.5. The summed E-state index contributed by atoms with van der Waals surface area (Å²) in [5, 5.41) is 0. The molecule has 5 heteroatoms. The molecule has 57 heavy (non-hydrogen) atoms. The van der Waals surface area contributed by atoms with Gasteiger partial charge in [0, 0.05) is 16.7 Å². The van der Waals surface area contributed by atoms with Crippen LogP contribution >= 0.6 is 0 Å². The van der Waals surface area contributed by atoms with Gasteiger partial charge in [0.05, 0.1) is 5.41 Å². The molecule has 1 aliphatic heterocycles. The Hall–Kier alpha value is -7.63. The van der Waals surface area contributed by atoms with Gasteiger partial charge in [-0.25, -0.2) is 15.0 Å². The Morgan fingerprint density at radius 1 is 0.298 bits per heavy atom. The van der Waals surface area contributed by atoms with Crippen LogP contribution in [0.4, 0.5) is 0 Å². The van der Waals surface area contributed by atoms with E-state index in [1.165, 1.54) is 22.3 Å². The van der Waals surface area contributed by atoms with Crippen LogP contribution in [0.5, 0.6) is 23.0 Å². The standard InChI is InChI=1S/C52H33N3O2/c1-3-13-34(14-4-1)35-23-25-37(26-24-35)50-53-49(36-15-5-2-6-16-36)54-51(55-50)38-27-29-39(30-28-38)52(43-19-9-7-17-41(43)42-18-8-10-20-44(42)52)40-31-32-47-48(33-40)57-46-22-12-11-21-45(46)56-47/h1-33H. The Morgan fingerprint density at radius 2 is 0.684 bits per heavy atom. The van der Waals surface area contributed by atoms with Gasteiger partial charge in [0.25, 0.3) is 0 Å². The lowest BCUT2D eigenvalue weighted by Gasteiger charge is -2.34. The molecule has 0 N–H and O–H groups in total. The van der Waals surface area contributed by atoms with Crippen LogP contribution in [0.2, 0.25) is 0 Å². The molecule has 11 rings (SSSR count). The number of aromatic nitrogens is 3. The van der Waals surface area contributed by atoms with E-state index in [0.717, 1.165) is 38.9 Å². The van der Waals surface area contributed by atoms with Crippen molar-refractivity contribution in [3.05, 3.63) is 222 Å². The molecule has 0 radical (unpaired) electrons. The van der Waals surface area contributed by atoms with Crippen molar-refractivity contribution >= 4 is 0 Å². The molecule has 0 spiro atoms. The van der Waals surface area contributed by atoms with Crippen LogP contribution in [0.1, 0.15) is 22.3 Å². The van der Waals surface area contributed by atoms with Gasteiger partial charge < -0.3 is 9.47 Å². The molecule has 5 nitrogen and oxygen atoms in total. The van der Waals surface area contributed by atoms with Crippen LogP contribution < -0.4 is 9.47 Å². The van der Waals surface area contributed by atoms with E-state index in [4.69, 9.17) is 24.4 Å². The second kappa shape index (κ2) is 13.3. The molecule has 8 aromatic carbocycles. The van der Waals surface area contributed by atoms with Gasteiger partial charge in [-0.2, -0.15) is 0 Å². The van der Waals surface area contributed by atoms with Crippen LogP contribution in [-0.4, -0.2) is 15.0 Å². The van der Waals surface area contributed by atoms with Crippen molar-refractivity contribution in [1.29, 1.82) is 0 Å². The van der Waals surface area contributed by atoms with E-state index in [9.17, 15) is 0 Å². The maximum absolute atomic E-state index is 6.49. The van der Waals surface area contributed by atoms with Crippen LogP contribution in [0.15, 0.2) is 200 Å². The van der Waals surface area contributed by atoms with Gasteiger partial charge in [-0.05, 0) is 68.8 Å². The Labute approximate surface area is 330 Å². The fourth-order valence-corrected chi connectivity index (χ4v) is 8.45. The Morgan fingerprint density at radius 3 is 1.26 bits per heavy atom. The van der Waals surface area contributed by atoms with Crippen molar-refractivity contribution in [3.63, 3.8) is 0 Å². The molecular weight excluding hydrogens is 699 g/mol. The quantitative estimate of drug-likeness (QED) is 0.170. The molecule has 0 saturated carbocycles. The van der Waals surface area contributed by atoms with E-state index in [-0.39, 0.29) is 0 Å². The fraction of sp³-hybridized carbons (Fsp3) is 0.0192. The highest BCUT2D eigenvalue weighted by Crippen LogP contribution is 2.57. The van der Waals surface area contributed by atoms with E-state index in [2.05, 4.69) is 133 Å². The van der Waals surface area contributed by atoms with E-state index in [1.807, 2.05) is 66.7 Å². The second-order valence-electron chi connectivity index (χ2n) is 14.3. The molecule has 2 aliphatic rings. The predicted octanol–water partition coefficient (Wildman–Crippen LogP) is 12.8. The third kappa shape index (κ3) is 5.43. The van der Waals surface area contributed by atoms with Gasteiger partial charge in [0.2, 0.25) is 0 Å². The minimum atomic E-state index is -0.638. The highest BCUT2D eigenvalue weighted by Gasteiger charge is 2.46. The number of ether oxygens (including phenoxy) is 2. The molecule has 268 valence electrons. The van der Waals surface area contributed by atoms with Gasteiger partial charge in [-0.1, -0.05) is 176 Å². The first kappa shape index (κ1) is 32.8. The van der Waals surface area contributed by atoms with Crippen molar-refractivity contribution < 1.29 is 9.47 Å². The summed E-state index contributed by atoms with van der Waals surface area (Å²) >= 11 is 0. The molecule has 0 amide bonds. The molecule has 0 bridgehead atoms. The zero-order valence-corrected chi connectivity index (χ0v) is 30.7. The minimum Gasteiger partial charge on any atom is -0.450 e. The lowest BCUT2D eigenvalue weighted by Crippen LogP contribution is -2.28. The van der Waals surface area contributed by atoms with E-state index in [0.29, 0.717) is 40.5 Å². The van der Waals surface area contributed by atoms with Crippen molar-refractivity contribution in [3.8, 4) is 79.4 Å². The lowest BCUT2D eigenvalue weighted by atomic mass is 9.67. The number of rotatable bonds is 6. The van der Waals surface area contributed by atoms with Gasteiger partial charge >= 0.3 is 0 Å². The van der Waals surface area contributed by atoms with E-state index < -0.39 is 5.41 Å². The zero-order valence-electron chi connectivity index (χ0n) is 30.7. The van der Waals surface area contributed by atoms with Crippen molar-refractivity contribution in [2.24, 2.45) is 0 Å². The Balaban J connectivity index is 1.05. The zero-order chi connectivity index (χ0) is 37.8. The van der Waals surface area contributed by atoms with Crippen LogP contribution in [-0.2, 0) is 5.41 Å². The first-order valence-corrected chi connectivity index (χ1v) is 19.1. The Bertz CT molecular complexity index is 2900. The maximum atomic E-state index is 6.49. The summed E-state index contributed by atoms with van der Waals surface area (Å²) in [6.45, 7) is 0. The summed E-state index contributed by atoms with van der Waals surface area (Å²) < 4.78 is 12.8. The Kier molecular flexibility index (Phi) is 7.64. The van der Waals surface area contributed by atoms with Gasteiger partial charge in [-0.15, -0.1) is 0 Å². The highest BCUT2D eigenvalue weighted by molar-refractivity contribution is 5.86. The van der Waals surface area contributed by atoms with Crippen LogP contribution in [0.25, 0.3) is 56.4 Å². The minimum absolute atomic E-state index is 0.608. The molecule has 0 saturated heterocycles. The van der Waals surface area contributed by atoms with Crippen molar-refractivity contribution in [2.75, 3.05) is 0 Å². The number of hydrogen-bond acceptors (Lipinski definition) is 5. The van der Waals surface area contributed by atoms with Crippen LogP contribution in [0.3, 0.4) is 0 Å². The number of fused-ring (bicyclic) bond motifs is 5. The normalized spacial score (nSPS) is 13.0. The molecule has 9 aromatic rings. The summed E-state index contributed by atoms with van der Waals surface area (Å²) in [6, 6.07) is 69.2. The summed E-state index contributed by atoms with van der Waals surface area (Å²) in [6.07, 6.45) is 0. The number of nitrogens with zero attached hydrogens (tertiary/aromatic N) is 3. The SMILES string of the molecule is c1ccc(-c2ccc(-c3nc(-c4ccccc4)nc(-c4ccc(C5(c6ccc7c(c6)Oc6ccccc6O7)c6ccccc6-c6ccccc65)cc4)n3)cc2)cc1. The monoisotopic (exact) mass is 731 g/mol. The van der Waals surface area contributed by atoms with E-state index >= 15 is 0 Å². The number of para-hydroxylation sites is 2. The van der Waals surface area contributed by atoms with Crippen LogP contribution in [0, 0.1) is 0 Å². The van der Waals surface area contributed by atoms with Gasteiger partial charge in [0.1, 0.15) is 0 Å². The molecule has 2 heterocycles. The second-order valence-corrected chi connectivity index (χ2v) is 14.3. The largest absolute Gasteiger partial charge is 0.450 e. The average molecular weight is 732 g/mol. The van der Waals surface area contributed by atoms with E-state index in [1.54, 1.807) is 0 Å². The summed E-state index contributed by atoms with van der Waals surface area (Å²) in [4.78, 5) is 15.1. The molecule has 0 fully saturated rings. The highest BCUT2D eigenvalue weighted by atomic mass is 16.6. The molecule has 0 atom stereocenters. The maximum Gasteiger partial charge on any atom is 0.170 e. The smallest absolute Gasteiger partial charge is 0.170 e. The van der Waals surface area contributed by atoms with Gasteiger partial charge in [-0.3, -0.25) is 0 Å². The van der Waals surface area contributed by atoms with Crippen molar-refractivity contribution in [1.82, 2.24) is 15.0 Å². The summed E-state index contributed by atoms with van der Waals surface area (Å²) in [7, 11) is 0. The average Bonchev–Trinajstić information content (AvgIpc) is 3.60. The molecular formula is C52H33N3O2. The fourth-order valence-electron chi connectivity index (χ4n) is 8.45. The third-order valence-electron chi connectivity index (χ3n) is 11.1. The first-order chi connectivity index (χ1) is 28.2. The summed E-state index contributed by atoms with van der Waals surface area (Å²) in [5.74, 6) is 4.64. The topological polar surface area (TPSA) is 57.1 Å². The van der Waals surface area contributed by atoms with Gasteiger partial charge in [0.15, 0.2) is 40.5 Å². The number of benzene rings is 8. The number of hydrogen-bond donors (Lipinski definition) is 0. The molecule has 1 aromatic heterocycles. The lowest BCUT2D eigenvalue weighted by molar-refractivity contribution is 0.359. The third-order valence-corrected chi connectivity index (χ3v) is 11.1. The predicted molar refractivity (Wildman–Crippen MR) is 225 cm³/mol. The first-order valence-electron chi connectivity index (χ1n) is 19.1. The van der Waals surface area contributed by atoms with Crippen molar-refractivity contribution in [2.45, 2.75) is 5.41 Å². The molecule has 1 aliphatic carbocycles. The molecule has 0 unspecified atom stereocenters.